The molecule has 2 aromatic carbocycles. The Hall–Kier alpha value is -2.79. The quantitative estimate of drug-likeness (QED) is 0.668. The van der Waals surface area contributed by atoms with Gasteiger partial charge < -0.3 is 14.4 Å². The number of nitrogens with zero attached hydrogens (tertiary/aromatic N) is 3. The molecule has 33 heavy (non-hydrogen) atoms. The number of halogens is 1. The Morgan fingerprint density at radius 1 is 1.15 bits per heavy atom. The number of morpholine rings is 1. The van der Waals surface area contributed by atoms with Crippen molar-refractivity contribution in [2.75, 3.05) is 39.3 Å². The smallest absolute Gasteiger partial charge is 0.338 e. The Morgan fingerprint density at radius 2 is 2.00 bits per heavy atom. The van der Waals surface area contributed by atoms with Gasteiger partial charge in [0.25, 0.3) is 0 Å². The second-order valence-electron chi connectivity index (χ2n) is 9.22. The number of hydrogen-bond acceptors (Lipinski definition) is 6. The first-order valence-electron chi connectivity index (χ1n) is 11.5. The third-order valence-corrected chi connectivity index (χ3v) is 7.47. The van der Waals surface area contributed by atoms with Crippen molar-refractivity contribution in [1.29, 1.82) is 5.26 Å². The van der Waals surface area contributed by atoms with Crippen molar-refractivity contribution in [3.05, 3.63) is 69.0 Å². The maximum atomic E-state index is 13.9. The van der Waals surface area contributed by atoms with Gasteiger partial charge in [0, 0.05) is 44.3 Å². The van der Waals surface area contributed by atoms with Gasteiger partial charge in [0.2, 0.25) is 0 Å². The average molecular weight is 450 g/mol. The average Bonchev–Trinajstić information content (AvgIpc) is 3.20. The first-order chi connectivity index (χ1) is 16.0. The molecule has 2 saturated heterocycles. The fraction of sp³-hybridized carbons (Fsp3) is 0.462. The van der Waals surface area contributed by atoms with E-state index in [4.69, 9.17) is 9.47 Å². The second-order valence-corrected chi connectivity index (χ2v) is 9.22. The summed E-state index contributed by atoms with van der Waals surface area (Å²) in [7, 11) is 0. The van der Waals surface area contributed by atoms with Crippen LogP contribution >= 0.6 is 0 Å². The molecule has 3 aliphatic heterocycles. The lowest BCUT2D eigenvalue weighted by atomic mass is 9.95. The van der Waals surface area contributed by atoms with Crippen LogP contribution in [0.4, 0.5) is 4.39 Å². The summed E-state index contributed by atoms with van der Waals surface area (Å²) in [5, 5.41) is 9.28. The second kappa shape index (κ2) is 8.86. The first kappa shape index (κ1) is 22.0. The fourth-order valence-electron chi connectivity index (χ4n) is 5.37. The molecular formula is C26H28FN3O3. The molecule has 0 spiro atoms. The lowest BCUT2D eigenvalue weighted by Gasteiger charge is -2.46. The van der Waals surface area contributed by atoms with Crippen LogP contribution in [0.1, 0.15) is 49.8 Å². The van der Waals surface area contributed by atoms with E-state index in [1.807, 2.05) is 12.1 Å². The van der Waals surface area contributed by atoms with Gasteiger partial charge in [0.05, 0.1) is 23.8 Å². The number of rotatable bonds is 4. The van der Waals surface area contributed by atoms with E-state index in [2.05, 4.69) is 22.8 Å². The summed E-state index contributed by atoms with van der Waals surface area (Å²) in [6.45, 7) is 9.50. The number of nitriles is 1. The first-order valence-corrected chi connectivity index (χ1v) is 11.5. The minimum Gasteiger partial charge on any atom is -0.457 e. The normalized spacial score (nSPS) is 23.0. The van der Waals surface area contributed by atoms with E-state index in [1.54, 1.807) is 13.0 Å². The highest BCUT2D eigenvalue weighted by molar-refractivity contribution is 5.93. The van der Waals surface area contributed by atoms with Gasteiger partial charge in [-0.05, 0) is 54.7 Å². The Morgan fingerprint density at radius 3 is 2.82 bits per heavy atom. The summed E-state index contributed by atoms with van der Waals surface area (Å²) in [6.07, 6.45) is 0.800. The van der Waals surface area contributed by atoms with Crippen molar-refractivity contribution in [2.24, 2.45) is 0 Å². The number of esters is 1. The van der Waals surface area contributed by atoms with E-state index in [1.165, 1.54) is 17.2 Å². The Balaban J connectivity index is 1.20. The van der Waals surface area contributed by atoms with E-state index in [9.17, 15) is 14.4 Å². The number of fused-ring (bicyclic) bond motifs is 2. The lowest BCUT2D eigenvalue weighted by molar-refractivity contribution is -0.0903. The van der Waals surface area contributed by atoms with Crippen LogP contribution in [0.2, 0.25) is 0 Å². The summed E-state index contributed by atoms with van der Waals surface area (Å²) in [4.78, 5) is 16.7. The van der Waals surface area contributed by atoms with Crippen LogP contribution in [0.3, 0.4) is 0 Å². The van der Waals surface area contributed by atoms with Gasteiger partial charge in [-0.25, -0.2) is 9.18 Å². The van der Waals surface area contributed by atoms with Gasteiger partial charge in [0.15, 0.2) is 0 Å². The molecule has 0 aromatic heterocycles. The zero-order valence-electron chi connectivity index (χ0n) is 19.1. The van der Waals surface area contributed by atoms with Crippen LogP contribution in [0, 0.1) is 31.0 Å². The molecule has 172 valence electrons. The summed E-state index contributed by atoms with van der Waals surface area (Å²) in [6, 6.07) is 9.40. The Kier molecular flexibility index (Phi) is 5.92. The minimum absolute atomic E-state index is 0.112. The molecule has 0 bridgehead atoms. The van der Waals surface area contributed by atoms with Gasteiger partial charge >= 0.3 is 5.97 Å². The number of hydrogen-bond donors (Lipinski definition) is 0. The summed E-state index contributed by atoms with van der Waals surface area (Å²) >= 11 is 0. The monoisotopic (exact) mass is 449 g/mol. The van der Waals surface area contributed by atoms with E-state index >= 15 is 0 Å². The number of piperazine rings is 1. The summed E-state index contributed by atoms with van der Waals surface area (Å²) in [5.74, 6) is -0.690. The van der Waals surface area contributed by atoms with Crippen LogP contribution in [-0.4, -0.2) is 61.1 Å². The largest absolute Gasteiger partial charge is 0.457 e. The van der Waals surface area contributed by atoms with Crippen LogP contribution in [0.25, 0.3) is 0 Å². The highest BCUT2D eigenvalue weighted by atomic mass is 19.1. The molecular weight excluding hydrogens is 421 g/mol. The third-order valence-electron chi connectivity index (χ3n) is 7.47. The number of cyclic esters (lactones) is 1. The van der Waals surface area contributed by atoms with Crippen LogP contribution in [0.5, 0.6) is 0 Å². The highest BCUT2D eigenvalue weighted by Gasteiger charge is 2.35. The van der Waals surface area contributed by atoms with Crippen molar-refractivity contribution in [1.82, 2.24) is 9.80 Å². The van der Waals surface area contributed by atoms with Gasteiger partial charge in [-0.15, -0.1) is 0 Å². The van der Waals surface area contributed by atoms with Gasteiger partial charge in [0.1, 0.15) is 18.5 Å². The lowest BCUT2D eigenvalue weighted by Crippen LogP contribution is -2.58. The zero-order valence-corrected chi connectivity index (χ0v) is 19.1. The number of benzene rings is 2. The molecule has 2 fully saturated rings. The molecule has 2 atom stereocenters. The topological polar surface area (TPSA) is 65.8 Å². The summed E-state index contributed by atoms with van der Waals surface area (Å²) in [5.41, 5.74) is 5.88. The predicted octanol–water partition coefficient (Wildman–Crippen LogP) is 3.28. The molecule has 3 heterocycles. The van der Waals surface area contributed by atoms with Gasteiger partial charge in [-0.1, -0.05) is 12.1 Å². The fourth-order valence-corrected chi connectivity index (χ4v) is 5.37. The predicted molar refractivity (Wildman–Crippen MR) is 120 cm³/mol. The van der Waals surface area contributed by atoms with Crippen LogP contribution in [0.15, 0.2) is 24.3 Å². The van der Waals surface area contributed by atoms with Crippen molar-refractivity contribution < 1.29 is 18.7 Å². The van der Waals surface area contributed by atoms with E-state index in [0.29, 0.717) is 30.4 Å². The van der Waals surface area contributed by atoms with Gasteiger partial charge in [-0.2, -0.15) is 5.26 Å². The zero-order chi connectivity index (χ0) is 23.1. The van der Waals surface area contributed by atoms with E-state index in [0.717, 1.165) is 50.3 Å². The minimum atomic E-state index is -0.473. The molecule has 3 aliphatic rings. The van der Waals surface area contributed by atoms with Crippen molar-refractivity contribution in [3.8, 4) is 6.07 Å². The van der Waals surface area contributed by atoms with E-state index < -0.39 is 5.82 Å². The van der Waals surface area contributed by atoms with Crippen molar-refractivity contribution in [2.45, 2.75) is 39.0 Å². The molecule has 0 amide bonds. The van der Waals surface area contributed by atoms with Gasteiger partial charge in [-0.3, -0.25) is 4.90 Å². The molecule has 2 aromatic rings. The molecule has 0 unspecified atom stereocenters. The highest BCUT2D eigenvalue weighted by Crippen LogP contribution is 2.31. The molecule has 0 radical (unpaired) electrons. The number of carbonyl (C=O) groups is 1. The standard InChI is InChI=1S/C26H28FN3O3/c1-16-18(3-4-21-23(16)15-33-26(21)31)7-8-29-9-10-30-13-25(32-14-19(30)12-29)20-5-6-24(27)22(11-28)17(20)2/h3-6,19,25H,7-10,12-15H2,1-2H3/t19-,25+/m1/s1. The molecule has 0 saturated carbocycles. The third kappa shape index (κ3) is 4.04. The maximum Gasteiger partial charge on any atom is 0.338 e. The van der Waals surface area contributed by atoms with E-state index in [-0.39, 0.29) is 17.6 Å². The SMILES string of the molecule is Cc1c([C@@H]2CN3CCN(CCc4ccc5c(c4C)COC5=O)C[C@@H]3CO2)ccc(F)c1C#N. The molecule has 0 aliphatic carbocycles. The molecule has 5 rings (SSSR count). The summed E-state index contributed by atoms with van der Waals surface area (Å²) < 4.78 is 25.3. The van der Waals surface area contributed by atoms with Crippen LogP contribution < -0.4 is 0 Å². The number of ether oxygens (including phenoxy) is 2. The molecule has 0 N–H and O–H groups in total. The van der Waals surface area contributed by atoms with Crippen molar-refractivity contribution in [3.63, 3.8) is 0 Å². The maximum absolute atomic E-state index is 13.9. The van der Waals surface area contributed by atoms with Crippen molar-refractivity contribution >= 4 is 5.97 Å². The van der Waals surface area contributed by atoms with Crippen LogP contribution in [-0.2, 0) is 22.5 Å². The Labute approximate surface area is 193 Å². The molecule has 7 heteroatoms. The molecule has 6 nitrogen and oxygen atoms in total. The number of carbonyl (C=O) groups excluding carboxylic acids is 1. The Bertz CT molecular complexity index is 1140.